The van der Waals surface area contributed by atoms with Crippen molar-refractivity contribution < 1.29 is 22.7 Å². The van der Waals surface area contributed by atoms with Gasteiger partial charge in [0.05, 0.1) is 17.8 Å². The molecule has 0 bridgehead atoms. The van der Waals surface area contributed by atoms with E-state index >= 15 is 0 Å². The third-order valence-electron chi connectivity index (χ3n) is 5.24. The van der Waals surface area contributed by atoms with E-state index in [9.17, 15) is 18.0 Å². The van der Waals surface area contributed by atoms with Crippen molar-refractivity contribution >= 4 is 5.91 Å². The summed E-state index contributed by atoms with van der Waals surface area (Å²) < 4.78 is 44.0. The van der Waals surface area contributed by atoms with Gasteiger partial charge in [0.1, 0.15) is 0 Å². The molecular formula is C19H25F3N2O2. The van der Waals surface area contributed by atoms with Gasteiger partial charge in [-0.3, -0.25) is 4.79 Å². The van der Waals surface area contributed by atoms with Crippen LogP contribution in [0.3, 0.4) is 0 Å². The van der Waals surface area contributed by atoms with Gasteiger partial charge in [0.15, 0.2) is 0 Å². The van der Waals surface area contributed by atoms with Crippen LogP contribution >= 0.6 is 0 Å². The summed E-state index contributed by atoms with van der Waals surface area (Å²) in [5.41, 5.74) is -0.438. The van der Waals surface area contributed by atoms with Crippen molar-refractivity contribution in [2.24, 2.45) is 0 Å². The number of carbonyl (C=O) groups excluding carboxylic acids is 1. The molecule has 1 aromatic rings. The van der Waals surface area contributed by atoms with E-state index in [1.54, 1.807) is 4.90 Å². The van der Waals surface area contributed by atoms with Gasteiger partial charge in [0.2, 0.25) is 0 Å². The molecule has 2 fully saturated rings. The van der Waals surface area contributed by atoms with Crippen LogP contribution in [0.4, 0.5) is 13.2 Å². The number of rotatable bonds is 3. The summed E-state index contributed by atoms with van der Waals surface area (Å²) >= 11 is 0. The maximum absolute atomic E-state index is 12.6. The molecule has 0 spiro atoms. The Bertz CT molecular complexity index is 602. The fourth-order valence-corrected chi connectivity index (χ4v) is 3.57. The number of hydrogen-bond donors (Lipinski definition) is 0. The SMILES string of the molecule is CN1CCC(OC2CCN(C(=O)c3ccc(C(F)(F)F)cc3)CC2)CC1. The summed E-state index contributed by atoms with van der Waals surface area (Å²) in [5.74, 6) is -0.212. The first-order chi connectivity index (χ1) is 12.3. The first kappa shape index (κ1) is 19.2. The Hall–Kier alpha value is -1.60. The Morgan fingerprint density at radius 3 is 1.96 bits per heavy atom. The molecule has 0 aromatic heterocycles. The highest BCUT2D eigenvalue weighted by atomic mass is 19.4. The average molecular weight is 370 g/mol. The van der Waals surface area contributed by atoms with Crippen LogP contribution in [0.1, 0.15) is 41.6 Å². The Balaban J connectivity index is 1.49. The van der Waals surface area contributed by atoms with Crippen molar-refractivity contribution in [2.45, 2.75) is 44.1 Å². The number of piperidine rings is 2. The van der Waals surface area contributed by atoms with Crippen LogP contribution in [-0.4, -0.2) is 61.1 Å². The summed E-state index contributed by atoms with van der Waals surface area (Å²) in [4.78, 5) is 16.5. The molecule has 1 amide bonds. The van der Waals surface area contributed by atoms with Crippen molar-refractivity contribution in [3.63, 3.8) is 0 Å². The van der Waals surface area contributed by atoms with Crippen LogP contribution < -0.4 is 0 Å². The molecule has 0 N–H and O–H groups in total. The number of alkyl halides is 3. The lowest BCUT2D eigenvalue weighted by Gasteiger charge is -2.36. The van der Waals surface area contributed by atoms with Crippen LogP contribution in [0.2, 0.25) is 0 Å². The average Bonchev–Trinajstić information content (AvgIpc) is 2.63. The molecule has 0 atom stereocenters. The first-order valence-corrected chi connectivity index (χ1v) is 9.13. The minimum absolute atomic E-state index is 0.167. The van der Waals surface area contributed by atoms with Gasteiger partial charge in [-0.05, 0) is 57.0 Å². The van der Waals surface area contributed by atoms with E-state index in [-0.39, 0.29) is 12.0 Å². The molecule has 3 rings (SSSR count). The van der Waals surface area contributed by atoms with Crippen LogP contribution in [0.5, 0.6) is 0 Å². The van der Waals surface area contributed by atoms with Crippen LogP contribution in [-0.2, 0) is 10.9 Å². The van der Waals surface area contributed by atoms with Crippen molar-refractivity contribution in [2.75, 3.05) is 33.2 Å². The molecule has 0 radical (unpaired) electrons. The molecular weight excluding hydrogens is 345 g/mol. The number of carbonyl (C=O) groups is 1. The Morgan fingerprint density at radius 2 is 1.46 bits per heavy atom. The molecule has 2 aliphatic heterocycles. The van der Waals surface area contributed by atoms with Crippen LogP contribution in [0.15, 0.2) is 24.3 Å². The number of halogens is 3. The van der Waals surface area contributed by atoms with E-state index in [0.717, 1.165) is 50.9 Å². The second-order valence-corrected chi connectivity index (χ2v) is 7.21. The highest BCUT2D eigenvalue weighted by molar-refractivity contribution is 5.94. The zero-order valence-corrected chi connectivity index (χ0v) is 15.0. The van der Waals surface area contributed by atoms with Gasteiger partial charge >= 0.3 is 6.18 Å². The van der Waals surface area contributed by atoms with E-state index in [1.807, 2.05) is 0 Å². The number of ether oxygens (including phenoxy) is 1. The molecule has 1 aromatic carbocycles. The highest BCUT2D eigenvalue weighted by Gasteiger charge is 2.31. The summed E-state index contributed by atoms with van der Waals surface area (Å²) in [6.07, 6.45) is -0.279. The molecule has 2 saturated heterocycles. The number of amides is 1. The number of nitrogens with zero attached hydrogens (tertiary/aromatic N) is 2. The number of likely N-dealkylation sites (tertiary alicyclic amines) is 2. The van der Waals surface area contributed by atoms with E-state index in [0.29, 0.717) is 24.8 Å². The molecule has 0 unspecified atom stereocenters. The number of hydrogen-bond acceptors (Lipinski definition) is 3. The van der Waals surface area contributed by atoms with E-state index in [2.05, 4.69) is 11.9 Å². The zero-order chi connectivity index (χ0) is 18.7. The second kappa shape index (κ2) is 7.96. The van der Waals surface area contributed by atoms with Crippen molar-refractivity contribution in [1.82, 2.24) is 9.80 Å². The van der Waals surface area contributed by atoms with Gasteiger partial charge in [-0.2, -0.15) is 13.2 Å². The highest BCUT2D eigenvalue weighted by Crippen LogP contribution is 2.29. The number of benzene rings is 1. The molecule has 0 aliphatic carbocycles. The lowest BCUT2D eigenvalue weighted by atomic mass is 10.0. The topological polar surface area (TPSA) is 32.8 Å². The minimum Gasteiger partial charge on any atom is -0.375 e. The third-order valence-corrected chi connectivity index (χ3v) is 5.24. The third kappa shape index (κ3) is 4.76. The summed E-state index contributed by atoms with van der Waals surface area (Å²) in [5, 5.41) is 0. The Kier molecular flexibility index (Phi) is 5.87. The predicted molar refractivity (Wildman–Crippen MR) is 92.0 cm³/mol. The van der Waals surface area contributed by atoms with Gasteiger partial charge in [-0.15, -0.1) is 0 Å². The first-order valence-electron chi connectivity index (χ1n) is 9.13. The van der Waals surface area contributed by atoms with Crippen LogP contribution in [0, 0.1) is 0 Å². The predicted octanol–water partition coefficient (Wildman–Crippen LogP) is 3.42. The van der Waals surface area contributed by atoms with E-state index in [4.69, 9.17) is 4.74 Å². The molecule has 0 saturated carbocycles. The summed E-state index contributed by atoms with van der Waals surface area (Å²) in [7, 11) is 2.11. The smallest absolute Gasteiger partial charge is 0.375 e. The van der Waals surface area contributed by atoms with Crippen LogP contribution in [0.25, 0.3) is 0 Å². The summed E-state index contributed by atoms with van der Waals surface area (Å²) in [6.45, 7) is 3.26. The van der Waals surface area contributed by atoms with Gasteiger partial charge in [0, 0.05) is 31.7 Å². The van der Waals surface area contributed by atoms with Gasteiger partial charge < -0.3 is 14.5 Å². The van der Waals surface area contributed by atoms with Gasteiger partial charge in [-0.1, -0.05) is 0 Å². The van der Waals surface area contributed by atoms with E-state index < -0.39 is 11.7 Å². The molecule has 144 valence electrons. The molecule has 4 nitrogen and oxygen atoms in total. The minimum atomic E-state index is -4.38. The fourth-order valence-electron chi connectivity index (χ4n) is 3.57. The Morgan fingerprint density at radius 1 is 0.962 bits per heavy atom. The van der Waals surface area contributed by atoms with Crippen molar-refractivity contribution in [3.05, 3.63) is 35.4 Å². The molecule has 2 heterocycles. The van der Waals surface area contributed by atoms with Gasteiger partial charge in [-0.25, -0.2) is 0 Å². The van der Waals surface area contributed by atoms with Crippen molar-refractivity contribution in [1.29, 1.82) is 0 Å². The largest absolute Gasteiger partial charge is 0.416 e. The van der Waals surface area contributed by atoms with E-state index in [1.165, 1.54) is 12.1 Å². The molecule has 7 heteroatoms. The normalized spacial score (nSPS) is 21.2. The molecule has 2 aliphatic rings. The zero-order valence-electron chi connectivity index (χ0n) is 15.0. The second-order valence-electron chi connectivity index (χ2n) is 7.21. The molecule has 26 heavy (non-hydrogen) atoms. The maximum atomic E-state index is 12.6. The monoisotopic (exact) mass is 370 g/mol. The van der Waals surface area contributed by atoms with Crippen molar-refractivity contribution in [3.8, 4) is 0 Å². The summed E-state index contributed by atoms with van der Waals surface area (Å²) in [6, 6.07) is 4.44. The maximum Gasteiger partial charge on any atom is 0.416 e. The Labute approximate surface area is 151 Å². The lowest BCUT2D eigenvalue weighted by Crippen LogP contribution is -2.43. The quantitative estimate of drug-likeness (QED) is 0.817. The lowest BCUT2D eigenvalue weighted by molar-refractivity contribution is -0.137. The fraction of sp³-hybridized carbons (Fsp3) is 0.632. The van der Waals surface area contributed by atoms with Gasteiger partial charge in [0.25, 0.3) is 5.91 Å². The standard InChI is InChI=1S/C19H25F3N2O2/c1-23-10-6-16(7-11-23)26-17-8-12-24(13-9-17)18(25)14-2-4-15(5-3-14)19(20,21)22/h2-5,16-17H,6-13H2,1H3.